The van der Waals surface area contributed by atoms with Crippen molar-refractivity contribution in [2.75, 3.05) is 13.2 Å². The number of carbonyl (C=O) groups excluding carboxylic acids is 1. The number of aromatic nitrogens is 2. The molecule has 1 fully saturated rings. The van der Waals surface area contributed by atoms with Crippen molar-refractivity contribution >= 4 is 12.0 Å². The summed E-state index contributed by atoms with van der Waals surface area (Å²) in [6.07, 6.45) is 5.17. The lowest BCUT2D eigenvalue weighted by Gasteiger charge is -2.10. The predicted molar refractivity (Wildman–Crippen MR) is 145 cm³/mol. The van der Waals surface area contributed by atoms with Crippen molar-refractivity contribution in [2.45, 2.75) is 25.6 Å². The molecule has 1 atom stereocenters. The number of rotatable bonds is 9. The van der Waals surface area contributed by atoms with Gasteiger partial charge in [0.25, 0.3) is 5.91 Å². The number of hydrogen-bond acceptors (Lipinski definition) is 5. The van der Waals surface area contributed by atoms with Gasteiger partial charge in [-0.1, -0.05) is 36.4 Å². The normalized spacial score (nSPS) is 15.1. The first-order chi connectivity index (χ1) is 19.1. The predicted octanol–water partition coefficient (Wildman–Crippen LogP) is 5.46. The van der Waals surface area contributed by atoms with Gasteiger partial charge in [-0.3, -0.25) is 4.79 Å². The summed E-state index contributed by atoms with van der Waals surface area (Å²) in [4.78, 5) is 12.8. The van der Waals surface area contributed by atoms with Gasteiger partial charge in [0, 0.05) is 36.0 Å². The number of nitrogens with one attached hydrogen (secondary N) is 1. The van der Waals surface area contributed by atoms with Crippen LogP contribution in [0.4, 0.5) is 4.39 Å². The molecule has 1 aliphatic heterocycles. The van der Waals surface area contributed by atoms with Gasteiger partial charge >= 0.3 is 0 Å². The lowest BCUT2D eigenvalue weighted by Crippen LogP contribution is -2.32. The second kappa shape index (κ2) is 12.2. The van der Waals surface area contributed by atoms with Crippen molar-refractivity contribution in [1.29, 1.82) is 5.26 Å². The van der Waals surface area contributed by atoms with E-state index in [1.807, 2.05) is 48.5 Å². The molecule has 2 heterocycles. The number of nitrogens with zero attached hydrogens (tertiary/aromatic N) is 3. The summed E-state index contributed by atoms with van der Waals surface area (Å²) in [5.74, 6) is -0.193. The number of carbonyl (C=O) groups is 1. The minimum Gasteiger partial charge on any atom is -0.489 e. The quantitative estimate of drug-likeness (QED) is 0.233. The van der Waals surface area contributed by atoms with Crippen molar-refractivity contribution in [2.24, 2.45) is 0 Å². The Morgan fingerprint density at radius 1 is 1.13 bits per heavy atom. The maximum Gasteiger partial charge on any atom is 0.262 e. The van der Waals surface area contributed by atoms with Gasteiger partial charge in [-0.05, 0) is 61.4 Å². The molecule has 1 aromatic heterocycles. The summed E-state index contributed by atoms with van der Waals surface area (Å²) in [6.45, 7) is 1.16. The van der Waals surface area contributed by atoms with E-state index in [1.165, 1.54) is 6.07 Å². The molecule has 0 spiro atoms. The van der Waals surface area contributed by atoms with Crippen molar-refractivity contribution < 1.29 is 18.7 Å². The van der Waals surface area contributed by atoms with Crippen molar-refractivity contribution in [3.05, 3.63) is 108 Å². The molecule has 1 amide bonds. The standard InChI is InChI=1S/C31H27FN4O3/c32-29-11-5-4-7-23(29)21-39-27-14-12-22(13-15-27)30-25(20-36(35-30)26-8-2-1-3-9-26)17-24(18-33)31(37)34-19-28-10-6-16-38-28/h1-5,7-9,11-15,17,20,28H,6,10,16,19,21H2,(H,34,37)/b24-17-. The van der Waals surface area contributed by atoms with Crippen LogP contribution in [0.5, 0.6) is 5.75 Å². The zero-order valence-corrected chi connectivity index (χ0v) is 21.2. The van der Waals surface area contributed by atoms with Gasteiger partial charge in [-0.2, -0.15) is 10.4 Å². The third kappa shape index (κ3) is 6.40. The molecule has 1 saturated heterocycles. The molecule has 0 aliphatic carbocycles. The number of amides is 1. The molecule has 0 saturated carbocycles. The Hall–Kier alpha value is -4.74. The molecule has 8 heteroatoms. The summed E-state index contributed by atoms with van der Waals surface area (Å²) in [7, 11) is 0. The number of ether oxygens (including phenoxy) is 2. The van der Waals surface area contributed by atoms with Gasteiger partial charge < -0.3 is 14.8 Å². The monoisotopic (exact) mass is 522 g/mol. The molecule has 1 N–H and O–H groups in total. The van der Waals surface area contributed by atoms with E-state index < -0.39 is 5.91 Å². The number of benzene rings is 3. The number of nitriles is 1. The zero-order valence-electron chi connectivity index (χ0n) is 21.2. The molecule has 1 unspecified atom stereocenters. The van der Waals surface area contributed by atoms with Crippen LogP contribution >= 0.6 is 0 Å². The first kappa shape index (κ1) is 25.9. The highest BCUT2D eigenvalue weighted by Gasteiger charge is 2.19. The molecule has 0 bridgehead atoms. The molecular formula is C31H27FN4O3. The highest BCUT2D eigenvalue weighted by Crippen LogP contribution is 2.28. The van der Waals surface area contributed by atoms with Crippen LogP contribution < -0.4 is 10.1 Å². The number of halogens is 1. The summed E-state index contributed by atoms with van der Waals surface area (Å²) < 4.78 is 27.0. The van der Waals surface area contributed by atoms with Gasteiger partial charge in [0.2, 0.25) is 0 Å². The molecule has 7 nitrogen and oxygen atoms in total. The maximum absolute atomic E-state index is 13.9. The smallest absolute Gasteiger partial charge is 0.262 e. The lowest BCUT2D eigenvalue weighted by molar-refractivity contribution is -0.117. The van der Waals surface area contributed by atoms with Crippen molar-refractivity contribution in [3.8, 4) is 28.8 Å². The van der Waals surface area contributed by atoms with Crippen LogP contribution in [0, 0.1) is 17.1 Å². The van der Waals surface area contributed by atoms with Crippen LogP contribution in [0.15, 0.2) is 90.6 Å². The van der Waals surface area contributed by atoms with Crippen LogP contribution in [0.1, 0.15) is 24.0 Å². The van der Waals surface area contributed by atoms with Gasteiger partial charge in [-0.15, -0.1) is 0 Å². The SMILES string of the molecule is N#C/C(=C/c1cn(-c2ccccc2)nc1-c1ccc(OCc2ccccc2F)cc1)C(=O)NCC1CCCO1. The molecule has 5 rings (SSSR count). The molecular weight excluding hydrogens is 495 g/mol. The van der Waals surface area contributed by atoms with Crippen LogP contribution in [0.2, 0.25) is 0 Å². The Morgan fingerprint density at radius 2 is 1.90 bits per heavy atom. The van der Waals surface area contributed by atoms with E-state index >= 15 is 0 Å². The minimum absolute atomic E-state index is 0.0216. The Morgan fingerprint density at radius 3 is 2.62 bits per heavy atom. The third-order valence-corrected chi connectivity index (χ3v) is 6.42. The second-order valence-corrected chi connectivity index (χ2v) is 9.13. The minimum atomic E-state index is -0.455. The van der Waals surface area contributed by atoms with Gasteiger partial charge in [0.15, 0.2) is 0 Å². The van der Waals surface area contributed by atoms with Gasteiger partial charge in [0.05, 0.1) is 17.5 Å². The molecule has 4 aromatic rings. The van der Waals surface area contributed by atoms with E-state index in [1.54, 1.807) is 47.3 Å². The fraction of sp³-hybridized carbons (Fsp3) is 0.194. The Bertz CT molecular complexity index is 1500. The van der Waals surface area contributed by atoms with Crippen LogP contribution in [0.25, 0.3) is 23.0 Å². The molecule has 196 valence electrons. The zero-order chi connectivity index (χ0) is 27.0. The Labute approximate surface area is 226 Å². The van der Waals surface area contributed by atoms with Crippen LogP contribution in [-0.4, -0.2) is 34.9 Å². The first-order valence-corrected chi connectivity index (χ1v) is 12.7. The molecule has 3 aromatic carbocycles. The van der Waals surface area contributed by atoms with E-state index in [0.29, 0.717) is 35.7 Å². The summed E-state index contributed by atoms with van der Waals surface area (Å²) in [5.41, 5.74) is 3.27. The fourth-order valence-electron chi connectivity index (χ4n) is 4.33. The van der Waals surface area contributed by atoms with Crippen LogP contribution in [0.3, 0.4) is 0 Å². The Balaban J connectivity index is 1.40. The lowest BCUT2D eigenvalue weighted by atomic mass is 10.1. The van der Waals surface area contributed by atoms with E-state index in [2.05, 4.69) is 5.32 Å². The molecule has 39 heavy (non-hydrogen) atoms. The fourth-order valence-corrected chi connectivity index (χ4v) is 4.33. The average Bonchev–Trinajstić information content (AvgIpc) is 3.65. The number of hydrogen-bond donors (Lipinski definition) is 1. The topological polar surface area (TPSA) is 89.2 Å². The van der Waals surface area contributed by atoms with Crippen molar-refractivity contribution in [1.82, 2.24) is 15.1 Å². The van der Waals surface area contributed by atoms with Gasteiger partial charge in [0.1, 0.15) is 29.8 Å². The summed E-state index contributed by atoms with van der Waals surface area (Å²) in [6, 6.07) is 25.3. The highest BCUT2D eigenvalue weighted by atomic mass is 19.1. The van der Waals surface area contributed by atoms with E-state index in [4.69, 9.17) is 14.6 Å². The molecule has 0 radical (unpaired) electrons. The largest absolute Gasteiger partial charge is 0.489 e. The maximum atomic E-state index is 13.9. The second-order valence-electron chi connectivity index (χ2n) is 9.13. The first-order valence-electron chi connectivity index (χ1n) is 12.7. The van der Waals surface area contributed by atoms with Gasteiger partial charge in [-0.25, -0.2) is 9.07 Å². The summed E-state index contributed by atoms with van der Waals surface area (Å²) >= 11 is 0. The van der Waals surface area contributed by atoms with Crippen molar-refractivity contribution in [3.63, 3.8) is 0 Å². The molecule has 1 aliphatic rings. The summed E-state index contributed by atoms with van der Waals surface area (Å²) in [5, 5.41) is 17.3. The average molecular weight is 523 g/mol. The van der Waals surface area contributed by atoms with Crippen LogP contribution in [-0.2, 0) is 16.1 Å². The third-order valence-electron chi connectivity index (χ3n) is 6.42. The number of para-hydroxylation sites is 1. The Kier molecular flexibility index (Phi) is 8.10. The van der Waals surface area contributed by atoms with E-state index in [0.717, 1.165) is 24.1 Å². The highest BCUT2D eigenvalue weighted by molar-refractivity contribution is 6.02. The van der Waals surface area contributed by atoms with E-state index in [9.17, 15) is 14.4 Å². The van der Waals surface area contributed by atoms with E-state index in [-0.39, 0.29) is 24.1 Å².